The standard InChI is InChI=1S/C12H14FNO2/c1-8-3-4-9(13)11(7-8)16-10-5-6-14(2)12(10)15/h3-4,7,10H,5-6H2,1-2H3. The summed E-state index contributed by atoms with van der Waals surface area (Å²) in [5, 5.41) is 0. The molecule has 16 heavy (non-hydrogen) atoms. The third-order valence-corrected chi connectivity index (χ3v) is 2.73. The highest BCUT2D eigenvalue weighted by atomic mass is 19.1. The Labute approximate surface area is 93.8 Å². The molecule has 2 rings (SSSR count). The number of ether oxygens (including phenoxy) is 1. The van der Waals surface area contributed by atoms with Crippen molar-refractivity contribution in [3.05, 3.63) is 29.6 Å². The minimum Gasteiger partial charge on any atom is -0.477 e. The van der Waals surface area contributed by atoms with Crippen LogP contribution < -0.4 is 4.74 Å². The molecule has 1 unspecified atom stereocenters. The summed E-state index contributed by atoms with van der Waals surface area (Å²) in [5.41, 5.74) is 0.912. The molecule has 1 aromatic rings. The van der Waals surface area contributed by atoms with Crippen molar-refractivity contribution in [2.75, 3.05) is 13.6 Å². The van der Waals surface area contributed by atoms with Gasteiger partial charge in [-0.2, -0.15) is 0 Å². The third-order valence-electron chi connectivity index (χ3n) is 2.73. The van der Waals surface area contributed by atoms with Gasteiger partial charge in [-0.15, -0.1) is 0 Å². The Morgan fingerprint density at radius 3 is 2.88 bits per heavy atom. The first kappa shape index (κ1) is 10.9. The number of amides is 1. The SMILES string of the molecule is Cc1ccc(F)c(OC2CCN(C)C2=O)c1. The van der Waals surface area contributed by atoms with E-state index >= 15 is 0 Å². The molecule has 1 atom stereocenters. The fraction of sp³-hybridized carbons (Fsp3) is 0.417. The summed E-state index contributed by atoms with van der Waals surface area (Å²) in [6, 6.07) is 4.64. The Balaban J connectivity index is 2.15. The van der Waals surface area contributed by atoms with Crippen LogP contribution in [0.25, 0.3) is 0 Å². The first-order valence-electron chi connectivity index (χ1n) is 5.25. The molecule has 0 aromatic heterocycles. The topological polar surface area (TPSA) is 29.5 Å². The van der Waals surface area contributed by atoms with Crippen molar-refractivity contribution < 1.29 is 13.9 Å². The first-order valence-corrected chi connectivity index (χ1v) is 5.25. The lowest BCUT2D eigenvalue weighted by atomic mass is 10.2. The van der Waals surface area contributed by atoms with Crippen LogP contribution in [0.5, 0.6) is 5.75 Å². The van der Waals surface area contributed by atoms with Crippen LogP contribution in [0.3, 0.4) is 0 Å². The van der Waals surface area contributed by atoms with Gasteiger partial charge in [-0.05, 0) is 24.6 Å². The van der Waals surface area contributed by atoms with Gasteiger partial charge >= 0.3 is 0 Å². The van der Waals surface area contributed by atoms with Gasteiger partial charge in [-0.3, -0.25) is 4.79 Å². The summed E-state index contributed by atoms with van der Waals surface area (Å²) in [7, 11) is 1.72. The van der Waals surface area contributed by atoms with Crippen molar-refractivity contribution >= 4 is 5.91 Å². The average Bonchev–Trinajstić information content (AvgIpc) is 2.55. The van der Waals surface area contributed by atoms with Crippen LogP contribution in [0.2, 0.25) is 0 Å². The number of likely N-dealkylation sites (tertiary alicyclic amines) is 1. The van der Waals surface area contributed by atoms with E-state index in [2.05, 4.69) is 0 Å². The van der Waals surface area contributed by atoms with Crippen LogP contribution in [0.4, 0.5) is 4.39 Å². The van der Waals surface area contributed by atoms with Gasteiger partial charge in [-0.25, -0.2) is 4.39 Å². The maximum absolute atomic E-state index is 13.4. The highest BCUT2D eigenvalue weighted by molar-refractivity contribution is 5.83. The Bertz CT molecular complexity index is 419. The zero-order valence-electron chi connectivity index (χ0n) is 9.37. The Kier molecular flexibility index (Phi) is 2.81. The number of carbonyl (C=O) groups excluding carboxylic acids is 1. The zero-order chi connectivity index (χ0) is 11.7. The third kappa shape index (κ3) is 2.01. The van der Waals surface area contributed by atoms with Crippen molar-refractivity contribution in [2.45, 2.75) is 19.4 Å². The molecule has 1 aromatic carbocycles. The fourth-order valence-electron chi connectivity index (χ4n) is 1.75. The smallest absolute Gasteiger partial charge is 0.263 e. The molecule has 0 spiro atoms. The van der Waals surface area contributed by atoms with E-state index in [9.17, 15) is 9.18 Å². The maximum atomic E-state index is 13.4. The van der Waals surface area contributed by atoms with E-state index in [0.29, 0.717) is 13.0 Å². The van der Waals surface area contributed by atoms with Crippen LogP contribution >= 0.6 is 0 Å². The number of benzene rings is 1. The van der Waals surface area contributed by atoms with Crippen LogP contribution in [0.15, 0.2) is 18.2 Å². The molecule has 86 valence electrons. The Hall–Kier alpha value is -1.58. The normalized spacial score (nSPS) is 20.3. The Morgan fingerprint density at radius 1 is 1.50 bits per heavy atom. The first-order chi connectivity index (χ1) is 7.58. The Morgan fingerprint density at radius 2 is 2.25 bits per heavy atom. The van der Waals surface area contributed by atoms with Crippen molar-refractivity contribution in [3.63, 3.8) is 0 Å². The van der Waals surface area contributed by atoms with Crippen molar-refractivity contribution in [1.82, 2.24) is 4.90 Å². The molecule has 1 heterocycles. The average molecular weight is 223 g/mol. The number of carbonyl (C=O) groups is 1. The lowest BCUT2D eigenvalue weighted by Gasteiger charge is -2.13. The van der Waals surface area contributed by atoms with E-state index in [4.69, 9.17) is 4.74 Å². The van der Waals surface area contributed by atoms with E-state index in [-0.39, 0.29) is 11.7 Å². The van der Waals surface area contributed by atoms with Gasteiger partial charge in [0.1, 0.15) is 0 Å². The molecule has 0 radical (unpaired) electrons. The van der Waals surface area contributed by atoms with Crippen LogP contribution in [0, 0.1) is 12.7 Å². The molecule has 0 N–H and O–H groups in total. The summed E-state index contributed by atoms with van der Waals surface area (Å²) in [6.07, 6.45) is 0.0733. The second kappa shape index (κ2) is 4.12. The van der Waals surface area contributed by atoms with Crippen molar-refractivity contribution in [1.29, 1.82) is 0 Å². The minimum absolute atomic E-state index is 0.0825. The van der Waals surface area contributed by atoms with Crippen LogP contribution in [-0.2, 0) is 4.79 Å². The predicted octanol–water partition coefficient (Wildman–Crippen LogP) is 1.74. The van der Waals surface area contributed by atoms with Crippen LogP contribution in [0.1, 0.15) is 12.0 Å². The van der Waals surface area contributed by atoms with Crippen LogP contribution in [-0.4, -0.2) is 30.5 Å². The monoisotopic (exact) mass is 223 g/mol. The van der Waals surface area contributed by atoms with E-state index in [0.717, 1.165) is 5.56 Å². The molecule has 0 saturated carbocycles. The van der Waals surface area contributed by atoms with Gasteiger partial charge in [0, 0.05) is 20.0 Å². The molecule has 0 bridgehead atoms. The van der Waals surface area contributed by atoms with E-state index in [1.807, 2.05) is 6.92 Å². The molecule has 3 nitrogen and oxygen atoms in total. The van der Waals surface area contributed by atoms with Gasteiger partial charge in [0.05, 0.1) is 0 Å². The van der Waals surface area contributed by atoms with Gasteiger partial charge in [-0.1, -0.05) is 6.07 Å². The lowest BCUT2D eigenvalue weighted by Crippen LogP contribution is -2.29. The van der Waals surface area contributed by atoms with Crippen molar-refractivity contribution in [2.24, 2.45) is 0 Å². The number of aryl methyl sites for hydroxylation is 1. The van der Waals surface area contributed by atoms with E-state index in [1.165, 1.54) is 6.07 Å². The summed E-state index contributed by atoms with van der Waals surface area (Å²) in [5.74, 6) is -0.345. The second-order valence-corrected chi connectivity index (χ2v) is 4.09. The molecule has 1 fully saturated rings. The number of rotatable bonds is 2. The van der Waals surface area contributed by atoms with Gasteiger partial charge in [0.15, 0.2) is 17.7 Å². The number of hydrogen-bond donors (Lipinski definition) is 0. The molecule has 0 aliphatic carbocycles. The fourth-order valence-corrected chi connectivity index (χ4v) is 1.75. The van der Waals surface area contributed by atoms with Crippen molar-refractivity contribution in [3.8, 4) is 5.75 Å². The van der Waals surface area contributed by atoms with Gasteiger partial charge in [0.25, 0.3) is 5.91 Å². The summed E-state index contributed by atoms with van der Waals surface area (Å²) >= 11 is 0. The lowest BCUT2D eigenvalue weighted by molar-refractivity contribution is -0.132. The summed E-state index contributed by atoms with van der Waals surface area (Å²) in [4.78, 5) is 13.2. The number of hydrogen-bond acceptors (Lipinski definition) is 2. The van der Waals surface area contributed by atoms with E-state index in [1.54, 1.807) is 24.1 Å². The predicted molar refractivity (Wildman–Crippen MR) is 57.8 cm³/mol. The highest BCUT2D eigenvalue weighted by Gasteiger charge is 2.31. The zero-order valence-corrected chi connectivity index (χ0v) is 9.37. The number of likely N-dealkylation sites (N-methyl/N-ethyl adjacent to an activating group) is 1. The molecule has 1 aliphatic rings. The molecular weight excluding hydrogens is 209 g/mol. The summed E-state index contributed by atoms with van der Waals surface area (Å²) in [6.45, 7) is 2.52. The number of nitrogens with zero attached hydrogens (tertiary/aromatic N) is 1. The molecular formula is C12H14FNO2. The van der Waals surface area contributed by atoms with E-state index < -0.39 is 11.9 Å². The second-order valence-electron chi connectivity index (χ2n) is 4.09. The maximum Gasteiger partial charge on any atom is 0.263 e. The quantitative estimate of drug-likeness (QED) is 0.764. The summed E-state index contributed by atoms with van der Waals surface area (Å²) < 4.78 is 18.8. The highest BCUT2D eigenvalue weighted by Crippen LogP contribution is 2.23. The minimum atomic E-state index is -0.540. The molecule has 1 amide bonds. The molecule has 1 aliphatic heterocycles. The van der Waals surface area contributed by atoms with Gasteiger partial charge in [0.2, 0.25) is 0 Å². The molecule has 4 heteroatoms. The van der Waals surface area contributed by atoms with Gasteiger partial charge < -0.3 is 9.64 Å². The number of halogens is 1. The largest absolute Gasteiger partial charge is 0.477 e. The molecule has 1 saturated heterocycles.